The third-order valence-corrected chi connectivity index (χ3v) is 2.13. The fraction of sp³-hybridized carbons (Fsp3) is 0.333. The Morgan fingerprint density at radius 3 is 3.06 bits per heavy atom. The molecule has 0 aliphatic rings. The molecule has 0 unspecified atom stereocenters. The number of hydrogen-bond donors (Lipinski definition) is 2. The summed E-state index contributed by atoms with van der Waals surface area (Å²) < 4.78 is 0. The van der Waals surface area contributed by atoms with E-state index in [2.05, 4.69) is 22.1 Å². The van der Waals surface area contributed by atoms with Gasteiger partial charge >= 0.3 is 0 Å². The standard InChI is InChI=1S/C12H17N3O/c1-4-6-9(3)10-8-11(15-14-10)12(16)13-7-5-2/h4,6,8H,1,5,7H2,2-3H3,(H,13,16)(H,14,15)/b9-6+. The van der Waals surface area contributed by atoms with Crippen LogP contribution >= 0.6 is 0 Å². The first-order valence-electron chi connectivity index (χ1n) is 5.32. The molecule has 0 aliphatic carbocycles. The Balaban J connectivity index is 2.74. The predicted octanol–water partition coefficient (Wildman–Crippen LogP) is 2.14. The van der Waals surface area contributed by atoms with E-state index >= 15 is 0 Å². The van der Waals surface area contributed by atoms with Crippen LogP contribution in [0.2, 0.25) is 0 Å². The lowest BCUT2D eigenvalue weighted by Gasteiger charge is -1.98. The lowest BCUT2D eigenvalue weighted by molar-refractivity contribution is 0.0948. The summed E-state index contributed by atoms with van der Waals surface area (Å²) in [4.78, 5) is 11.6. The van der Waals surface area contributed by atoms with E-state index in [9.17, 15) is 4.79 Å². The molecule has 86 valence electrons. The number of aromatic nitrogens is 2. The second kappa shape index (κ2) is 5.90. The van der Waals surface area contributed by atoms with Crippen molar-refractivity contribution in [2.75, 3.05) is 6.54 Å². The molecule has 1 aromatic heterocycles. The lowest BCUT2D eigenvalue weighted by Crippen LogP contribution is -2.24. The molecule has 4 nitrogen and oxygen atoms in total. The Labute approximate surface area is 95.4 Å². The molecule has 1 heterocycles. The van der Waals surface area contributed by atoms with E-state index in [-0.39, 0.29) is 5.91 Å². The number of amides is 1. The minimum absolute atomic E-state index is 0.119. The maximum atomic E-state index is 11.6. The first-order chi connectivity index (χ1) is 7.69. The second-order valence-electron chi connectivity index (χ2n) is 3.51. The van der Waals surface area contributed by atoms with E-state index in [1.807, 2.05) is 19.9 Å². The van der Waals surface area contributed by atoms with Gasteiger partial charge in [-0.15, -0.1) is 0 Å². The number of nitrogens with one attached hydrogen (secondary N) is 2. The third kappa shape index (κ3) is 3.08. The van der Waals surface area contributed by atoms with Gasteiger partial charge in [0.05, 0.1) is 5.69 Å². The highest BCUT2D eigenvalue weighted by atomic mass is 16.1. The normalized spacial score (nSPS) is 11.2. The van der Waals surface area contributed by atoms with Gasteiger partial charge in [0, 0.05) is 6.54 Å². The van der Waals surface area contributed by atoms with Crippen LogP contribution in [-0.2, 0) is 0 Å². The van der Waals surface area contributed by atoms with Crippen molar-refractivity contribution < 1.29 is 4.79 Å². The molecule has 4 heteroatoms. The van der Waals surface area contributed by atoms with Crippen LogP contribution in [0.5, 0.6) is 0 Å². The molecule has 2 N–H and O–H groups in total. The number of nitrogens with zero attached hydrogens (tertiary/aromatic N) is 1. The van der Waals surface area contributed by atoms with Crippen molar-refractivity contribution in [3.8, 4) is 0 Å². The third-order valence-electron chi connectivity index (χ3n) is 2.13. The highest BCUT2D eigenvalue weighted by Gasteiger charge is 2.09. The minimum Gasteiger partial charge on any atom is -0.351 e. The van der Waals surface area contributed by atoms with E-state index in [4.69, 9.17) is 0 Å². The number of hydrogen-bond acceptors (Lipinski definition) is 2. The molecule has 0 spiro atoms. The van der Waals surface area contributed by atoms with Gasteiger partial charge in [0.1, 0.15) is 5.69 Å². The molecule has 0 saturated carbocycles. The zero-order valence-corrected chi connectivity index (χ0v) is 9.71. The molecule has 1 rings (SSSR count). The molecule has 0 fully saturated rings. The summed E-state index contributed by atoms with van der Waals surface area (Å²) in [5.41, 5.74) is 2.22. The minimum atomic E-state index is -0.119. The Morgan fingerprint density at radius 2 is 2.44 bits per heavy atom. The van der Waals surface area contributed by atoms with Gasteiger partial charge in [0.2, 0.25) is 0 Å². The average molecular weight is 219 g/mol. The van der Waals surface area contributed by atoms with E-state index in [0.29, 0.717) is 12.2 Å². The zero-order chi connectivity index (χ0) is 12.0. The SMILES string of the molecule is C=C/C=C(\C)c1cc(C(=O)NCCC)[nH]n1. The molecular weight excluding hydrogens is 202 g/mol. The Morgan fingerprint density at radius 1 is 1.69 bits per heavy atom. The molecule has 0 radical (unpaired) electrons. The van der Waals surface area contributed by atoms with E-state index in [1.165, 1.54) is 0 Å². The maximum Gasteiger partial charge on any atom is 0.269 e. The lowest BCUT2D eigenvalue weighted by atomic mass is 10.2. The van der Waals surface area contributed by atoms with Gasteiger partial charge in [0.15, 0.2) is 0 Å². The molecule has 1 amide bonds. The van der Waals surface area contributed by atoms with Gasteiger partial charge in [-0.05, 0) is 25.0 Å². The van der Waals surface area contributed by atoms with E-state index in [1.54, 1.807) is 12.1 Å². The zero-order valence-electron chi connectivity index (χ0n) is 9.71. The number of rotatable bonds is 5. The number of allylic oxidation sites excluding steroid dienone is 3. The van der Waals surface area contributed by atoms with Crippen molar-refractivity contribution in [3.05, 3.63) is 36.2 Å². The summed E-state index contributed by atoms with van der Waals surface area (Å²) in [6.07, 6.45) is 4.47. The monoisotopic (exact) mass is 219 g/mol. The fourth-order valence-corrected chi connectivity index (χ4v) is 1.24. The van der Waals surface area contributed by atoms with Crippen LogP contribution in [0.1, 0.15) is 36.5 Å². The Kier molecular flexibility index (Phi) is 4.51. The van der Waals surface area contributed by atoms with Crippen molar-refractivity contribution in [2.45, 2.75) is 20.3 Å². The van der Waals surface area contributed by atoms with Crippen molar-refractivity contribution in [1.82, 2.24) is 15.5 Å². The molecule has 0 saturated heterocycles. The predicted molar refractivity (Wildman–Crippen MR) is 65.1 cm³/mol. The summed E-state index contributed by atoms with van der Waals surface area (Å²) in [5, 5.41) is 9.56. The second-order valence-corrected chi connectivity index (χ2v) is 3.51. The molecule has 0 aliphatic heterocycles. The van der Waals surface area contributed by atoms with Gasteiger partial charge < -0.3 is 5.32 Å². The topological polar surface area (TPSA) is 57.8 Å². The van der Waals surface area contributed by atoms with Crippen molar-refractivity contribution in [1.29, 1.82) is 0 Å². The Hall–Kier alpha value is -1.84. The molecule has 0 bridgehead atoms. The summed E-state index contributed by atoms with van der Waals surface area (Å²) in [6, 6.07) is 1.74. The number of carbonyl (C=O) groups excluding carboxylic acids is 1. The molecule has 0 atom stereocenters. The number of aromatic amines is 1. The van der Waals surface area contributed by atoms with Crippen molar-refractivity contribution in [3.63, 3.8) is 0 Å². The maximum absolute atomic E-state index is 11.6. The smallest absolute Gasteiger partial charge is 0.269 e. The highest BCUT2D eigenvalue weighted by Crippen LogP contribution is 2.11. The number of H-pyrrole nitrogens is 1. The van der Waals surface area contributed by atoms with E-state index in [0.717, 1.165) is 17.7 Å². The highest BCUT2D eigenvalue weighted by molar-refractivity contribution is 5.92. The van der Waals surface area contributed by atoms with Crippen LogP contribution in [0.3, 0.4) is 0 Å². The number of carbonyl (C=O) groups is 1. The fourth-order valence-electron chi connectivity index (χ4n) is 1.24. The van der Waals surface area contributed by atoms with Gasteiger partial charge in [-0.2, -0.15) is 5.10 Å². The van der Waals surface area contributed by atoms with Gasteiger partial charge in [0.25, 0.3) is 5.91 Å². The van der Waals surface area contributed by atoms with E-state index < -0.39 is 0 Å². The molecule has 1 aromatic rings. The first-order valence-corrected chi connectivity index (χ1v) is 5.32. The molecular formula is C12H17N3O. The van der Waals surface area contributed by atoms with Crippen molar-refractivity contribution in [2.24, 2.45) is 0 Å². The summed E-state index contributed by atoms with van der Waals surface area (Å²) in [7, 11) is 0. The van der Waals surface area contributed by atoms with Crippen LogP contribution in [0.15, 0.2) is 24.8 Å². The van der Waals surface area contributed by atoms with Crippen LogP contribution < -0.4 is 5.32 Å². The molecule has 0 aromatic carbocycles. The summed E-state index contributed by atoms with van der Waals surface area (Å²) >= 11 is 0. The average Bonchev–Trinajstić information content (AvgIpc) is 2.75. The first kappa shape index (κ1) is 12.2. The van der Waals surface area contributed by atoms with Gasteiger partial charge in [-0.3, -0.25) is 9.89 Å². The largest absolute Gasteiger partial charge is 0.351 e. The molecule has 16 heavy (non-hydrogen) atoms. The summed E-state index contributed by atoms with van der Waals surface area (Å²) in [6.45, 7) is 8.22. The van der Waals surface area contributed by atoms with Crippen LogP contribution in [0.25, 0.3) is 5.57 Å². The van der Waals surface area contributed by atoms with Crippen LogP contribution in [-0.4, -0.2) is 22.6 Å². The van der Waals surface area contributed by atoms with Crippen LogP contribution in [0.4, 0.5) is 0 Å². The van der Waals surface area contributed by atoms with Crippen LogP contribution in [0, 0.1) is 0 Å². The van der Waals surface area contributed by atoms with Gasteiger partial charge in [-0.1, -0.05) is 25.7 Å². The quantitative estimate of drug-likeness (QED) is 0.745. The van der Waals surface area contributed by atoms with Crippen molar-refractivity contribution >= 4 is 11.5 Å². The Bertz CT molecular complexity index is 404. The van der Waals surface area contributed by atoms with Gasteiger partial charge in [-0.25, -0.2) is 0 Å². The summed E-state index contributed by atoms with van der Waals surface area (Å²) in [5.74, 6) is -0.119.